The van der Waals surface area contributed by atoms with Gasteiger partial charge >= 0.3 is 0 Å². The molecule has 3 N–H and O–H groups in total. The minimum atomic E-state index is -0.618. The van der Waals surface area contributed by atoms with E-state index in [4.69, 9.17) is 5.73 Å². The number of nitrogens with two attached hydrogens (primary N) is 1. The van der Waals surface area contributed by atoms with Crippen LogP contribution >= 0.6 is 0 Å². The molecule has 0 bridgehead atoms. The molecule has 32 heavy (non-hydrogen) atoms. The number of carbonyl (C=O) groups is 1. The summed E-state index contributed by atoms with van der Waals surface area (Å²) in [5.41, 5.74) is 10.5. The van der Waals surface area contributed by atoms with Crippen LogP contribution in [0, 0.1) is 17.1 Å². The molecule has 158 valence electrons. The molecule has 5 rings (SSSR count). The summed E-state index contributed by atoms with van der Waals surface area (Å²) in [6.07, 6.45) is 1.72. The van der Waals surface area contributed by atoms with Crippen LogP contribution in [-0.2, 0) is 4.79 Å². The molecule has 0 saturated carbocycles. The zero-order valence-corrected chi connectivity index (χ0v) is 17.2. The summed E-state index contributed by atoms with van der Waals surface area (Å²) in [6.45, 7) is 0. The number of nitriles is 1. The number of carbonyl (C=O) groups excluding carboxylic acids is 1. The maximum absolute atomic E-state index is 13.5. The van der Waals surface area contributed by atoms with Crippen molar-refractivity contribution >= 4 is 11.6 Å². The van der Waals surface area contributed by atoms with Crippen LogP contribution in [0.3, 0.4) is 0 Å². The highest BCUT2D eigenvalue weighted by molar-refractivity contribution is 6.01. The van der Waals surface area contributed by atoms with Crippen LogP contribution < -0.4 is 10.6 Å². The van der Waals surface area contributed by atoms with Crippen LogP contribution in [0.1, 0.15) is 30.7 Å². The van der Waals surface area contributed by atoms with Crippen molar-refractivity contribution in [3.8, 4) is 17.3 Å². The van der Waals surface area contributed by atoms with Gasteiger partial charge in [0.2, 0.25) is 0 Å². The zero-order chi connectivity index (χ0) is 22.2. The van der Waals surface area contributed by atoms with Crippen molar-refractivity contribution in [2.75, 3.05) is 4.90 Å². The van der Waals surface area contributed by atoms with Crippen LogP contribution in [0.25, 0.3) is 11.3 Å². The number of aromatic nitrogens is 2. The van der Waals surface area contributed by atoms with Gasteiger partial charge in [0.1, 0.15) is 11.6 Å². The summed E-state index contributed by atoms with van der Waals surface area (Å²) in [5, 5.41) is 17.5. The van der Waals surface area contributed by atoms with E-state index >= 15 is 0 Å². The molecule has 1 aliphatic carbocycles. The SMILES string of the molecule is N#CC1=C(N)N(c2cc(-c3ccccc3)[nH]n2)C2=C(C(=O)CCC2)C1c1ccc(F)cc1. The Hall–Kier alpha value is -4.18. The number of rotatable bonds is 3. The second kappa shape index (κ2) is 7.82. The number of anilines is 1. The predicted octanol–water partition coefficient (Wildman–Crippen LogP) is 4.52. The summed E-state index contributed by atoms with van der Waals surface area (Å²) in [5.74, 6) is -0.261. The molecule has 2 aliphatic rings. The van der Waals surface area contributed by atoms with Crippen molar-refractivity contribution < 1.29 is 9.18 Å². The van der Waals surface area contributed by atoms with E-state index in [-0.39, 0.29) is 23.0 Å². The maximum atomic E-state index is 13.5. The second-order valence-electron chi connectivity index (χ2n) is 7.87. The van der Waals surface area contributed by atoms with Gasteiger partial charge in [0.05, 0.1) is 23.3 Å². The average Bonchev–Trinajstić information content (AvgIpc) is 3.29. The lowest BCUT2D eigenvalue weighted by Crippen LogP contribution is -2.38. The molecule has 7 heteroatoms. The minimum Gasteiger partial charge on any atom is -0.384 e. The topological polar surface area (TPSA) is 98.8 Å². The molecule has 0 spiro atoms. The van der Waals surface area contributed by atoms with E-state index in [1.165, 1.54) is 12.1 Å². The second-order valence-corrected chi connectivity index (χ2v) is 7.87. The Balaban J connectivity index is 1.67. The van der Waals surface area contributed by atoms with Gasteiger partial charge in [0.25, 0.3) is 0 Å². The van der Waals surface area contributed by atoms with Gasteiger partial charge in [-0.05, 0) is 36.1 Å². The van der Waals surface area contributed by atoms with Crippen molar-refractivity contribution in [1.82, 2.24) is 10.2 Å². The van der Waals surface area contributed by atoms with Gasteiger partial charge in [0, 0.05) is 23.8 Å². The zero-order valence-electron chi connectivity index (χ0n) is 17.2. The maximum Gasteiger partial charge on any atom is 0.161 e. The third kappa shape index (κ3) is 3.17. The fourth-order valence-electron chi connectivity index (χ4n) is 4.53. The Kier molecular flexibility index (Phi) is 4.83. The number of nitrogens with zero attached hydrogens (tertiary/aromatic N) is 3. The van der Waals surface area contributed by atoms with Crippen molar-refractivity contribution in [3.63, 3.8) is 0 Å². The van der Waals surface area contributed by atoms with E-state index in [0.29, 0.717) is 36.2 Å². The summed E-state index contributed by atoms with van der Waals surface area (Å²) in [7, 11) is 0. The van der Waals surface area contributed by atoms with E-state index < -0.39 is 5.92 Å². The number of allylic oxidation sites excluding steroid dienone is 3. The molecule has 1 aliphatic heterocycles. The summed E-state index contributed by atoms with van der Waals surface area (Å²) in [6, 6.07) is 19.7. The highest BCUT2D eigenvalue weighted by Crippen LogP contribution is 2.46. The summed E-state index contributed by atoms with van der Waals surface area (Å²) in [4.78, 5) is 14.8. The Bertz CT molecular complexity index is 1300. The number of hydrogen-bond donors (Lipinski definition) is 2. The lowest BCUT2D eigenvalue weighted by molar-refractivity contribution is -0.116. The molecule has 0 amide bonds. The molecular formula is C25H20FN5O. The highest BCUT2D eigenvalue weighted by Gasteiger charge is 2.40. The third-order valence-corrected chi connectivity index (χ3v) is 5.99. The minimum absolute atomic E-state index is 0.0235. The van der Waals surface area contributed by atoms with Crippen LogP contribution in [0.15, 0.2) is 83.3 Å². The Morgan fingerprint density at radius 2 is 1.88 bits per heavy atom. The van der Waals surface area contributed by atoms with Crippen LogP contribution in [0.4, 0.5) is 10.2 Å². The number of nitrogens with one attached hydrogen (secondary N) is 1. The van der Waals surface area contributed by atoms with Crippen molar-refractivity contribution in [2.24, 2.45) is 5.73 Å². The lowest BCUT2D eigenvalue weighted by atomic mass is 9.75. The van der Waals surface area contributed by atoms with Gasteiger partial charge in [0.15, 0.2) is 11.6 Å². The molecule has 0 saturated heterocycles. The van der Waals surface area contributed by atoms with Crippen LogP contribution in [-0.4, -0.2) is 16.0 Å². The van der Waals surface area contributed by atoms with E-state index in [1.807, 2.05) is 36.4 Å². The predicted molar refractivity (Wildman–Crippen MR) is 118 cm³/mol. The van der Waals surface area contributed by atoms with Gasteiger partial charge in [-0.1, -0.05) is 42.5 Å². The molecule has 0 fully saturated rings. The normalized spacial score (nSPS) is 18.6. The van der Waals surface area contributed by atoms with Gasteiger partial charge < -0.3 is 5.73 Å². The van der Waals surface area contributed by atoms with Crippen molar-refractivity contribution in [2.45, 2.75) is 25.2 Å². The monoisotopic (exact) mass is 425 g/mol. The Labute approximate surface area is 184 Å². The van der Waals surface area contributed by atoms with Crippen molar-refractivity contribution in [3.05, 3.63) is 94.7 Å². The molecule has 6 nitrogen and oxygen atoms in total. The summed E-state index contributed by atoms with van der Waals surface area (Å²) < 4.78 is 13.5. The molecule has 1 aromatic heterocycles. The van der Waals surface area contributed by atoms with Crippen molar-refractivity contribution in [1.29, 1.82) is 5.26 Å². The molecule has 3 aromatic rings. The first-order chi connectivity index (χ1) is 15.6. The number of Topliss-reactive ketones (excluding diaryl/α,β-unsaturated/α-hetero) is 1. The number of benzene rings is 2. The average molecular weight is 425 g/mol. The van der Waals surface area contributed by atoms with E-state index in [2.05, 4.69) is 16.3 Å². The van der Waals surface area contributed by atoms with Gasteiger partial charge in [-0.2, -0.15) is 10.4 Å². The number of halogens is 1. The third-order valence-electron chi connectivity index (χ3n) is 5.99. The number of H-pyrrole nitrogens is 1. The highest BCUT2D eigenvalue weighted by atomic mass is 19.1. The van der Waals surface area contributed by atoms with E-state index in [9.17, 15) is 14.4 Å². The van der Waals surface area contributed by atoms with E-state index in [0.717, 1.165) is 17.0 Å². The smallest absolute Gasteiger partial charge is 0.161 e. The molecule has 1 atom stereocenters. The quantitative estimate of drug-likeness (QED) is 0.643. The molecule has 2 aromatic carbocycles. The van der Waals surface area contributed by atoms with Gasteiger partial charge in [-0.3, -0.25) is 14.8 Å². The summed E-state index contributed by atoms with van der Waals surface area (Å²) >= 11 is 0. The first-order valence-corrected chi connectivity index (χ1v) is 10.4. The fourth-order valence-corrected chi connectivity index (χ4v) is 4.53. The number of aromatic amines is 1. The van der Waals surface area contributed by atoms with Crippen LogP contribution in [0.5, 0.6) is 0 Å². The van der Waals surface area contributed by atoms with Gasteiger partial charge in [-0.15, -0.1) is 0 Å². The molecule has 0 radical (unpaired) electrons. The molecule has 1 unspecified atom stereocenters. The number of ketones is 1. The van der Waals surface area contributed by atoms with Gasteiger partial charge in [-0.25, -0.2) is 4.39 Å². The molecular weight excluding hydrogens is 405 g/mol. The van der Waals surface area contributed by atoms with E-state index in [1.54, 1.807) is 17.0 Å². The van der Waals surface area contributed by atoms with Crippen LogP contribution in [0.2, 0.25) is 0 Å². The first kappa shape index (κ1) is 19.8. The largest absolute Gasteiger partial charge is 0.384 e. The number of hydrogen-bond acceptors (Lipinski definition) is 5. The lowest BCUT2D eigenvalue weighted by Gasteiger charge is -2.38. The standard InChI is InChI=1S/C25H20FN5O/c26-17-11-9-16(10-12-17)23-18(14-27)25(28)31(20-7-4-8-21(32)24(20)23)22-13-19(29-30-22)15-5-2-1-3-6-15/h1-3,5-6,9-13,23H,4,7-8,28H2,(H,29,30). The molecule has 2 heterocycles. The Morgan fingerprint density at radius 1 is 1.12 bits per heavy atom. The first-order valence-electron chi connectivity index (χ1n) is 10.4. The fraction of sp³-hybridized carbons (Fsp3) is 0.160. The Morgan fingerprint density at radius 3 is 2.59 bits per heavy atom.